The number of nitrogens with one attached hydrogen (secondary N) is 1. The predicted molar refractivity (Wildman–Crippen MR) is 114 cm³/mol. The largest absolute Gasteiger partial charge is 0.308 e. The van der Waals surface area contributed by atoms with Gasteiger partial charge in [0.25, 0.3) is 5.91 Å². The highest BCUT2D eigenvalue weighted by Gasteiger charge is 2.26. The summed E-state index contributed by atoms with van der Waals surface area (Å²) in [5, 5.41) is -0.259. The average Bonchev–Trinajstić information content (AvgIpc) is 3.17. The molecular formula is C22H18ClFN2O3S. The van der Waals surface area contributed by atoms with E-state index in [-0.39, 0.29) is 22.4 Å². The van der Waals surface area contributed by atoms with Crippen LogP contribution in [0.15, 0.2) is 71.6 Å². The molecule has 5 nitrogen and oxygen atoms in total. The molecule has 4 rings (SSSR count). The number of carbonyl (C=O) groups is 1. The third-order valence-electron chi connectivity index (χ3n) is 4.98. The van der Waals surface area contributed by atoms with Gasteiger partial charge in [0.2, 0.25) is 10.0 Å². The van der Waals surface area contributed by atoms with Crippen LogP contribution in [-0.2, 0) is 23.0 Å². The van der Waals surface area contributed by atoms with E-state index in [0.29, 0.717) is 17.7 Å². The molecule has 0 saturated heterocycles. The van der Waals surface area contributed by atoms with Gasteiger partial charge in [-0.2, -0.15) is 0 Å². The van der Waals surface area contributed by atoms with Crippen LogP contribution in [0.3, 0.4) is 0 Å². The molecule has 1 amide bonds. The zero-order valence-corrected chi connectivity index (χ0v) is 17.4. The Labute approximate surface area is 179 Å². The minimum Gasteiger partial charge on any atom is -0.308 e. The highest BCUT2D eigenvalue weighted by atomic mass is 35.5. The third kappa shape index (κ3) is 4.09. The fourth-order valence-electron chi connectivity index (χ4n) is 3.39. The van der Waals surface area contributed by atoms with Gasteiger partial charge in [0, 0.05) is 24.3 Å². The summed E-state index contributed by atoms with van der Waals surface area (Å²) in [6.45, 7) is 0.601. The van der Waals surface area contributed by atoms with E-state index >= 15 is 0 Å². The van der Waals surface area contributed by atoms with Crippen molar-refractivity contribution in [2.75, 3.05) is 11.4 Å². The Hall–Kier alpha value is -2.74. The first-order chi connectivity index (χ1) is 14.3. The number of rotatable bonds is 5. The molecule has 0 aliphatic carbocycles. The Balaban J connectivity index is 1.53. The lowest BCUT2D eigenvalue weighted by Crippen LogP contribution is -2.29. The molecule has 1 aliphatic rings. The number of anilines is 1. The van der Waals surface area contributed by atoms with Crippen LogP contribution in [0.4, 0.5) is 10.1 Å². The summed E-state index contributed by atoms with van der Waals surface area (Å²) in [7, 11) is -3.87. The first-order valence-electron chi connectivity index (χ1n) is 9.28. The van der Waals surface area contributed by atoms with Crippen LogP contribution in [0.25, 0.3) is 0 Å². The number of halogens is 2. The van der Waals surface area contributed by atoms with E-state index in [1.54, 1.807) is 17.0 Å². The number of hydrogen-bond acceptors (Lipinski definition) is 3. The molecule has 0 spiro atoms. The van der Waals surface area contributed by atoms with Gasteiger partial charge in [-0.15, -0.1) is 0 Å². The van der Waals surface area contributed by atoms with Crippen LogP contribution in [0, 0.1) is 5.82 Å². The summed E-state index contributed by atoms with van der Waals surface area (Å²) in [5.74, 6) is -0.773. The number of amides is 1. The van der Waals surface area contributed by atoms with Crippen LogP contribution in [-0.4, -0.2) is 20.9 Å². The van der Waals surface area contributed by atoms with Gasteiger partial charge < -0.3 is 4.90 Å². The highest BCUT2D eigenvalue weighted by Crippen LogP contribution is 2.30. The zero-order chi connectivity index (χ0) is 21.3. The van der Waals surface area contributed by atoms with E-state index in [9.17, 15) is 17.6 Å². The van der Waals surface area contributed by atoms with Gasteiger partial charge in [-0.05, 0) is 53.9 Å². The van der Waals surface area contributed by atoms with Crippen molar-refractivity contribution in [2.45, 2.75) is 17.9 Å². The van der Waals surface area contributed by atoms with Crippen LogP contribution >= 0.6 is 11.6 Å². The van der Waals surface area contributed by atoms with Crippen molar-refractivity contribution in [2.24, 2.45) is 0 Å². The molecule has 3 aromatic carbocycles. The Bertz CT molecular complexity index is 1220. The number of hydrogen-bond donors (Lipinski definition) is 1. The molecule has 1 heterocycles. The summed E-state index contributed by atoms with van der Waals surface area (Å²) in [5.41, 5.74) is 3.13. The van der Waals surface area contributed by atoms with E-state index in [1.165, 1.54) is 0 Å². The van der Waals surface area contributed by atoms with E-state index in [4.69, 9.17) is 11.6 Å². The minimum atomic E-state index is -3.87. The van der Waals surface area contributed by atoms with Crippen molar-refractivity contribution in [3.8, 4) is 0 Å². The minimum absolute atomic E-state index is 0.0258. The van der Waals surface area contributed by atoms with Crippen LogP contribution in [0.1, 0.15) is 21.5 Å². The van der Waals surface area contributed by atoms with Crippen molar-refractivity contribution in [1.29, 1.82) is 0 Å². The third-order valence-corrected chi connectivity index (χ3v) is 6.67. The van der Waals surface area contributed by atoms with Crippen molar-refractivity contribution in [3.05, 3.63) is 94.3 Å². The fourth-order valence-corrected chi connectivity index (χ4v) is 4.68. The molecule has 0 radical (unpaired) electrons. The maximum absolute atomic E-state index is 13.3. The van der Waals surface area contributed by atoms with Gasteiger partial charge in [0.1, 0.15) is 5.82 Å². The van der Waals surface area contributed by atoms with Crippen molar-refractivity contribution in [1.82, 2.24) is 4.72 Å². The topological polar surface area (TPSA) is 66.5 Å². The van der Waals surface area contributed by atoms with Crippen LogP contribution in [0.2, 0.25) is 5.02 Å². The average molecular weight is 445 g/mol. The Morgan fingerprint density at radius 1 is 1.07 bits per heavy atom. The molecule has 0 unspecified atom stereocenters. The van der Waals surface area contributed by atoms with Gasteiger partial charge in [0.05, 0.1) is 9.92 Å². The van der Waals surface area contributed by atoms with Gasteiger partial charge in [-0.3, -0.25) is 4.79 Å². The van der Waals surface area contributed by atoms with Gasteiger partial charge in [0.15, 0.2) is 0 Å². The van der Waals surface area contributed by atoms with Crippen molar-refractivity contribution in [3.63, 3.8) is 0 Å². The molecule has 0 aromatic heterocycles. The Morgan fingerprint density at radius 3 is 2.57 bits per heavy atom. The van der Waals surface area contributed by atoms with E-state index in [2.05, 4.69) is 4.72 Å². The lowest BCUT2D eigenvalue weighted by molar-refractivity contribution is 0.0989. The first-order valence-corrected chi connectivity index (χ1v) is 11.1. The Morgan fingerprint density at radius 2 is 1.83 bits per heavy atom. The lowest BCUT2D eigenvalue weighted by atomic mass is 10.1. The fraction of sp³-hybridized carbons (Fsp3) is 0.136. The molecule has 1 aliphatic heterocycles. The van der Waals surface area contributed by atoms with Crippen LogP contribution < -0.4 is 9.62 Å². The lowest BCUT2D eigenvalue weighted by Gasteiger charge is -2.18. The summed E-state index contributed by atoms with van der Waals surface area (Å²) in [6, 6.07) is 17.8. The van der Waals surface area contributed by atoms with Gasteiger partial charge in [-0.1, -0.05) is 41.9 Å². The number of carbonyl (C=O) groups excluding carboxylic acids is 1. The molecular weight excluding hydrogens is 427 g/mol. The molecule has 8 heteroatoms. The molecule has 1 N–H and O–H groups in total. The molecule has 30 heavy (non-hydrogen) atoms. The molecule has 3 aromatic rings. The SMILES string of the molecule is O=C(c1ccccc1)N1CCc2ccc(CNS(=O)(=O)c3ccc(F)c(Cl)c3)cc21. The summed E-state index contributed by atoms with van der Waals surface area (Å²) in [6.07, 6.45) is 0.744. The van der Waals surface area contributed by atoms with Crippen LogP contribution in [0.5, 0.6) is 0 Å². The van der Waals surface area contributed by atoms with E-state index in [0.717, 1.165) is 35.9 Å². The van der Waals surface area contributed by atoms with Crippen molar-refractivity contribution < 1.29 is 17.6 Å². The zero-order valence-electron chi connectivity index (χ0n) is 15.8. The molecule has 0 saturated carbocycles. The number of fused-ring (bicyclic) bond motifs is 1. The number of sulfonamides is 1. The van der Waals surface area contributed by atoms with E-state index < -0.39 is 15.8 Å². The molecule has 154 valence electrons. The molecule has 0 bridgehead atoms. The second kappa shape index (κ2) is 8.18. The summed E-state index contributed by atoms with van der Waals surface area (Å²) in [4.78, 5) is 14.4. The first kappa shape index (κ1) is 20.5. The quantitative estimate of drug-likeness (QED) is 0.642. The summed E-state index contributed by atoms with van der Waals surface area (Å²) >= 11 is 5.69. The number of nitrogens with zero attached hydrogens (tertiary/aromatic N) is 1. The molecule has 0 atom stereocenters. The normalized spacial score (nSPS) is 13.3. The second-order valence-corrected chi connectivity index (χ2v) is 9.11. The summed E-state index contributed by atoms with van der Waals surface area (Å²) < 4.78 is 40.8. The molecule has 0 fully saturated rings. The standard InChI is InChI=1S/C22H18ClFN2O3S/c23-19-13-18(8-9-20(19)24)30(28,29)25-14-15-6-7-16-10-11-26(21(16)12-15)22(27)17-4-2-1-3-5-17/h1-9,12-13,25H,10-11,14H2. The van der Waals surface area contributed by atoms with Crippen molar-refractivity contribution >= 4 is 33.2 Å². The van der Waals surface area contributed by atoms with Gasteiger partial charge in [-0.25, -0.2) is 17.5 Å². The maximum atomic E-state index is 13.3. The smallest absolute Gasteiger partial charge is 0.258 e. The number of benzene rings is 3. The van der Waals surface area contributed by atoms with Gasteiger partial charge >= 0.3 is 0 Å². The van der Waals surface area contributed by atoms with E-state index in [1.807, 2.05) is 36.4 Å². The monoisotopic (exact) mass is 444 g/mol. The predicted octanol–water partition coefficient (Wildman–Crippen LogP) is 4.16. The Kier molecular flexibility index (Phi) is 5.60. The highest BCUT2D eigenvalue weighted by molar-refractivity contribution is 7.89. The second-order valence-electron chi connectivity index (χ2n) is 6.94. The maximum Gasteiger partial charge on any atom is 0.258 e.